The molecule has 2 N–H and O–H groups in total. The highest BCUT2D eigenvalue weighted by Gasteiger charge is 2.04. The summed E-state index contributed by atoms with van der Waals surface area (Å²) in [4.78, 5) is 20.9. The molecule has 0 radical (unpaired) electrons. The van der Waals surface area contributed by atoms with Gasteiger partial charge in [0, 0.05) is 25.9 Å². The summed E-state index contributed by atoms with van der Waals surface area (Å²) in [6, 6.07) is 0. The molecule has 0 saturated carbocycles. The molecule has 0 rings (SSSR count). The highest BCUT2D eigenvalue weighted by molar-refractivity contribution is 5.71. The molecule has 0 saturated heterocycles. The van der Waals surface area contributed by atoms with Crippen LogP contribution in [0.1, 0.15) is 25.7 Å². The van der Waals surface area contributed by atoms with E-state index >= 15 is 0 Å². The molecule has 0 unspecified atom stereocenters. The Morgan fingerprint density at radius 1 is 1.15 bits per heavy atom. The lowest BCUT2D eigenvalue weighted by Gasteiger charge is -2.01. The maximum absolute atomic E-state index is 10.8. The van der Waals surface area contributed by atoms with Crippen LogP contribution < -0.4 is 0 Å². The van der Waals surface area contributed by atoms with E-state index in [9.17, 15) is 9.59 Å². The fourth-order valence-electron chi connectivity index (χ4n) is 0.707. The number of carboxylic acids is 1. The summed E-state index contributed by atoms with van der Waals surface area (Å²) in [5, 5.41) is 16.6. The Balaban J connectivity index is 3.25. The number of hydrogen-bond donors (Lipinski definition) is 2. The lowest BCUT2D eigenvalue weighted by molar-refractivity contribution is -0.144. The quantitative estimate of drug-likeness (QED) is 0.441. The van der Waals surface area contributed by atoms with Crippen LogP contribution in [-0.4, -0.2) is 35.4 Å². The van der Waals surface area contributed by atoms with Crippen LogP contribution in [-0.2, 0) is 14.3 Å². The van der Waals surface area contributed by atoms with Gasteiger partial charge in [-0.15, -0.1) is 0 Å². The van der Waals surface area contributed by atoms with Crippen LogP contribution >= 0.6 is 0 Å². The molecule has 0 spiro atoms. The first-order chi connectivity index (χ1) is 6.16. The molecule has 5 nitrogen and oxygen atoms in total. The van der Waals surface area contributed by atoms with E-state index in [1.165, 1.54) is 0 Å². The Labute approximate surface area is 76.3 Å². The van der Waals surface area contributed by atoms with Crippen molar-refractivity contribution in [3.8, 4) is 0 Å². The van der Waals surface area contributed by atoms with Crippen LogP contribution in [0.4, 0.5) is 0 Å². The van der Waals surface area contributed by atoms with Gasteiger partial charge in [-0.05, 0) is 6.42 Å². The van der Waals surface area contributed by atoms with Crippen molar-refractivity contribution >= 4 is 11.9 Å². The Bertz CT molecular complexity index is 166. The summed E-state index contributed by atoms with van der Waals surface area (Å²) < 4.78 is 4.67. The van der Waals surface area contributed by atoms with Gasteiger partial charge in [0.1, 0.15) is 0 Å². The molecule has 0 aliphatic rings. The number of carbonyl (C=O) groups is 2. The first-order valence-electron chi connectivity index (χ1n) is 4.15. The predicted molar refractivity (Wildman–Crippen MR) is 44.1 cm³/mol. The molecule has 0 aliphatic heterocycles. The third kappa shape index (κ3) is 8.81. The summed E-state index contributed by atoms with van der Waals surface area (Å²) in [6.45, 7) is 0.185. The predicted octanol–water partition coefficient (Wildman–Crippen LogP) is 0.167. The van der Waals surface area contributed by atoms with Crippen LogP contribution in [0, 0.1) is 0 Å². The standard InChI is InChI=1S/C8H14O5/c9-5-2-6-13-8(12)4-1-3-7(10)11/h9H,1-6H2,(H,10,11). The van der Waals surface area contributed by atoms with Crippen molar-refractivity contribution in [1.29, 1.82) is 0 Å². The summed E-state index contributed by atoms with van der Waals surface area (Å²) in [5.41, 5.74) is 0. The molecule has 0 aromatic rings. The van der Waals surface area contributed by atoms with Crippen LogP contribution in [0.15, 0.2) is 0 Å². The van der Waals surface area contributed by atoms with E-state index in [4.69, 9.17) is 10.2 Å². The smallest absolute Gasteiger partial charge is 0.305 e. The third-order valence-corrected chi connectivity index (χ3v) is 1.34. The fourth-order valence-corrected chi connectivity index (χ4v) is 0.707. The number of aliphatic carboxylic acids is 1. The zero-order chi connectivity index (χ0) is 10.1. The third-order valence-electron chi connectivity index (χ3n) is 1.34. The van der Waals surface area contributed by atoms with Crippen molar-refractivity contribution in [2.24, 2.45) is 0 Å². The number of ether oxygens (including phenoxy) is 1. The number of rotatable bonds is 7. The summed E-state index contributed by atoms with van der Waals surface area (Å²) in [5.74, 6) is -1.32. The van der Waals surface area contributed by atoms with Crippen LogP contribution in [0.3, 0.4) is 0 Å². The monoisotopic (exact) mass is 190 g/mol. The molecule has 5 heteroatoms. The van der Waals surface area contributed by atoms with Crippen molar-refractivity contribution in [2.75, 3.05) is 13.2 Å². The van der Waals surface area contributed by atoms with Gasteiger partial charge < -0.3 is 14.9 Å². The molecule has 0 aromatic heterocycles. The van der Waals surface area contributed by atoms with E-state index in [0.29, 0.717) is 12.8 Å². The minimum Gasteiger partial charge on any atom is -0.481 e. The SMILES string of the molecule is O=C(O)CCCC(=O)OCCCO. The number of aliphatic hydroxyl groups is 1. The van der Waals surface area contributed by atoms with E-state index < -0.39 is 11.9 Å². The summed E-state index contributed by atoms with van der Waals surface area (Å²) in [6.07, 6.45) is 0.824. The molecule has 0 amide bonds. The van der Waals surface area contributed by atoms with Gasteiger partial charge in [-0.3, -0.25) is 9.59 Å². The molecule has 0 bridgehead atoms. The number of hydrogen-bond acceptors (Lipinski definition) is 4. The average Bonchev–Trinajstić information content (AvgIpc) is 2.04. The molecule has 76 valence electrons. The number of aliphatic hydroxyl groups excluding tert-OH is 1. The van der Waals surface area contributed by atoms with Gasteiger partial charge in [0.15, 0.2) is 0 Å². The van der Waals surface area contributed by atoms with Gasteiger partial charge in [0.25, 0.3) is 0 Å². The van der Waals surface area contributed by atoms with E-state index in [0.717, 1.165) is 0 Å². The maximum atomic E-state index is 10.8. The van der Waals surface area contributed by atoms with Gasteiger partial charge in [0.05, 0.1) is 6.61 Å². The topological polar surface area (TPSA) is 83.8 Å². The Morgan fingerprint density at radius 3 is 2.38 bits per heavy atom. The number of carbonyl (C=O) groups excluding carboxylic acids is 1. The van der Waals surface area contributed by atoms with Gasteiger partial charge in [0.2, 0.25) is 0 Å². The first kappa shape index (κ1) is 11.9. The van der Waals surface area contributed by atoms with Crippen molar-refractivity contribution < 1.29 is 24.5 Å². The second-order valence-corrected chi connectivity index (χ2v) is 2.54. The molecule has 0 fully saturated rings. The van der Waals surface area contributed by atoms with Crippen LogP contribution in [0.2, 0.25) is 0 Å². The van der Waals surface area contributed by atoms with Gasteiger partial charge in [-0.2, -0.15) is 0 Å². The van der Waals surface area contributed by atoms with E-state index in [1.54, 1.807) is 0 Å². The van der Waals surface area contributed by atoms with E-state index in [2.05, 4.69) is 4.74 Å². The van der Waals surface area contributed by atoms with Crippen LogP contribution in [0.25, 0.3) is 0 Å². The average molecular weight is 190 g/mol. The Kier molecular flexibility index (Phi) is 6.91. The normalized spacial score (nSPS) is 9.62. The molecular weight excluding hydrogens is 176 g/mol. The van der Waals surface area contributed by atoms with Gasteiger partial charge >= 0.3 is 11.9 Å². The molecule has 13 heavy (non-hydrogen) atoms. The Hall–Kier alpha value is -1.10. The van der Waals surface area contributed by atoms with E-state index in [1.807, 2.05) is 0 Å². The van der Waals surface area contributed by atoms with Crippen LogP contribution in [0.5, 0.6) is 0 Å². The highest BCUT2D eigenvalue weighted by atomic mass is 16.5. The second-order valence-electron chi connectivity index (χ2n) is 2.54. The van der Waals surface area contributed by atoms with Crippen molar-refractivity contribution in [2.45, 2.75) is 25.7 Å². The molecule has 0 atom stereocenters. The molecule has 0 aliphatic carbocycles. The summed E-state index contributed by atoms with van der Waals surface area (Å²) >= 11 is 0. The van der Waals surface area contributed by atoms with E-state index in [-0.39, 0.29) is 26.1 Å². The molecule has 0 heterocycles. The minimum atomic E-state index is -0.914. The lowest BCUT2D eigenvalue weighted by atomic mass is 10.2. The second kappa shape index (κ2) is 7.54. The minimum absolute atomic E-state index is 0.0115. The summed E-state index contributed by atoms with van der Waals surface area (Å²) in [7, 11) is 0. The molecular formula is C8H14O5. The van der Waals surface area contributed by atoms with Crippen molar-refractivity contribution in [3.05, 3.63) is 0 Å². The first-order valence-corrected chi connectivity index (χ1v) is 4.15. The molecule has 0 aromatic carbocycles. The number of esters is 1. The lowest BCUT2D eigenvalue weighted by Crippen LogP contribution is -2.07. The Morgan fingerprint density at radius 2 is 1.85 bits per heavy atom. The maximum Gasteiger partial charge on any atom is 0.305 e. The van der Waals surface area contributed by atoms with Gasteiger partial charge in [-0.1, -0.05) is 0 Å². The van der Waals surface area contributed by atoms with Crippen molar-refractivity contribution in [3.63, 3.8) is 0 Å². The van der Waals surface area contributed by atoms with Gasteiger partial charge in [-0.25, -0.2) is 0 Å². The highest BCUT2D eigenvalue weighted by Crippen LogP contribution is 1.97. The largest absolute Gasteiger partial charge is 0.481 e. The zero-order valence-corrected chi connectivity index (χ0v) is 7.36. The van der Waals surface area contributed by atoms with Crippen molar-refractivity contribution in [1.82, 2.24) is 0 Å². The zero-order valence-electron chi connectivity index (χ0n) is 7.36. The number of carboxylic acid groups (broad SMARTS) is 1. The fraction of sp³-hybridized carbons (Fsp3) is 0.750.